The van der Waals surface area contributed by atoms with Crippen LogP contribution in [0.4, 0.5) is 4.39 Å². The highest BCUT2D eigenvalue weighted by Gasteiger charge is 2.39. The topological polar surface area (TPSA) is 49.4 Å². The Morgan fingerprint density at radius 1 is 1.33 bits per heavy atom. The molecular formula is C16H21FN2O2. The number of amides is 2. The lowest BCUT2D eigenvalue weighted by molar-refractivity contribution is -0.147. The van der Waals surface area contributed by atoms with Crippen molar-refractivity contribution in [3.05, 3.63) is 35.1 Å². The zero-order valence-electron chi connectivity index (χ0n) is 12.9. The SMILES string of the molecule is Cc1ccc(F)cc1CN1CC(=O)NC(C(C)(C)C)C1=O. The summed E-state index contributed by atoms with van der Waals surface area (Å²) >= 11 is 0. The molecule has 1 saturated heterocycles. The molecule has 1 N–H and O–H groups in total. The highest BCUT2D eigenvalue weighted by molar-refractivity contribution is 5.95. The summed E-state index contributed by atoms with van der Waals surface area (Å²) in [7, 11) is 0. The molecule has 2 rings (SSSR count). The maximum atomic E-state index is 13.4. The predicted octanol–water partition coefficient (Wildman–Crippen LogP) is 2.01. The third-order valence-corrected chi connectivity index (χ3v) is 3.74. The molecule has 1 aromatic rings. The van der Waals surface area contributed by atoms with Crippen LogP contribution in [0.25, 0.3) is 0 Å². The van der Waals surface area contributed by atoms with Crippen molar-refractivity contribution in [2.24, 2.45) is 5.41 Å². The molecule has 0 spiro atoms. The lowest BCUT2D eigenvalue weighted by atomic mass is 9.84. The van der Waals surface area contributed by atoms with Crippen LogP contribution in [0.5, 0.6) is 0 Å². The number of nitrogens with zero attached hydrogens (tertiary/aromatic N) is 1. The van der Waals surface area contributed by atoms with E-state index in [1.165, 1.54) is 17.0 Å². The van der Waals surface area contributed by atoms with Gasteiger partial charge in [-0.3, -0.25) is 9.59 Å². The van der Waals surface area contributed by atoms with Gasteiger partial charge in [-0.2, -0.15) is 0 Å². The Balaban J connectivity index is 2.24. The number of aryl methyl sites for hydroxylation is 1. The van der Waals surface area contributed by atoms with Crippen molar-refractivity contribution >= 4 is 11.8 Å². The van der Waals surface area contributed by atoms with Gasteiger partial charge in [-0.05, 0) is 35.6 Å². The van der Waals surface area contributed by atoms with Crippen molar-refractivity contribution in [3.63, 3.8) is 0 Å². The number of halogens is 1. The maximum Gasteiger partial charge on any atom is 0.246 e. The minimum atomic E-state index is -0.549. The summed E-state index contributed by atoms with van der Waals surface area (Å²) in [6, 6.07) is 3.94. The summed E-state index contributed by atoms with van der Waals surface area (Å²) in [4.78, 5) is 25.9. The summed E-state index contributed by atoms with van der Waals surface area (Å²) in [5, 5.41) is 2.74. The number of rotatable bonds is 2. The van der Waals surface area contributed by atoms with Gasteiger partial charge < -0.3 is 10.2 Å². The summed E-state index contributed by atoms with van der Waals surface area (Å²) in [5.74, 6) is -0.633. The van der Waals surface area contributed by atoms with Crippen molar-refractivity contribution in [1.82, 2.24) is 10.2 Å². The van der Waals surface area contributed by atoms with Crippen molar-refractivity contribution in [2.75, 3.05) is 6.54 Å². The van der Waals surface area contributed by atoms with E-state index in [0.717, 1.165) is 11.1 Å². The Bertz CT molecular complexity index is 578. The van der Waals surface area contributed by atoms with Crippen LogP contribution in [0.3, 0.4) is 0 Å². The minimum absolute atomic E-state index is 0.0152. The fraction of sp³-hybridized carbons (Fsp3) is 0.500. The number of hydrogen-bond donors (Lipinski definition) is 1. The molecule has 5 heteroatoms. The van der Waals surface area contributed by atoms with E-state index in [2.05, 4.69) is 5.32 Å². The average Bonchev–Trinajstić information content (AvgIpc) is 2.36. The predicted molar refractivity (Wildman–Crippen MR) is 77.9 cm³/mol. The van der Waals surface area contributed by atoms with Gasteiger partial charge in [0, 0.05) is 6.54 Å². The van der Waals surface area contributed by atoms with Crippen LogP contribution < -0.4 is 5.32 Å². The third-order valence-electron chi connectivity index (χ3n) is 3.74. The number of carbonyl (C=O) groups excluding carboxylic acids is 2. The van der Waals surface area contributed by atoms with E-state index >= 15 is 0 Å². The molecule has 21 heavy (non-hydrogen) atoms. The number of hydrogen-bond acceptors (Lipinski definition) is 2. The molecule has 114 valence electrons. The van der Waals surface area contributed by atoms with E-state index < -0.39 is 6.04 Å². The quantitative estimate of drug-likeness (QED) is 0.906. The molecule has 0 bridgehead atoms. The molecule has 1 fully saturated rings. The van der Waals surface area contributed by atoms with Gasteiger partial charge in [0.25, 0.3) is 0 Å². The van der Waals surface area contributed by atoms with Crippen LogP contribution >= 0.6 is 0 Å². The van der Waals surface area contributed by atoms with E-state index in [0.29, 0.717) is 0 Å². The first kappa shape index (κ1) is 15.5. The molecule has 0 aliphatic carbocycles. The van der Waals surface area contributed by atoms with Gasteiger partial charge in [0.2, 0.25) is 11.8 Å². The van der Waals surface area contributed by atoms with E-state index in [4.69, 9.17) is 0 Å². The second kappa shape index (κ2) is 5.47. The number of nitrogens with one attached hydrogen (secondary N) is 1. The van der Waals surface area contributed by atoms with E-state index in [1.54, 1.807) is 6.07 Å². The van der Waals surface area contributed by atoms with Gasteiger partial charge in [-0.1, -0.05) is 26.8 Å². The van der Waals surface area contributed by atoms with Crippen molar-refractivity contribution in [1.29, 1.82) is 0 Å². The molecule has 1 heterocycles. The van der Waals surface area contributed by atoms with Crippen molar-refractivity contribution < 1.29 is 14.0 Å². The summed E-state index contributed by atoms with van der Waals surface area (Å²) in [6.45, 7) is 7.86. The first-order valence-electron chi connectivity index (χ1n) is 7.01. The highest BCUT2D eigenvalue weighted by atomic mass is 19.1. The monoisotopic (exact) mass is 292 g/mol. The molecule has 0 radical (unpaired) electrons. The van der Waals surface area contributed by atoms with Crippen LogP contribution in [-0.2, 0) is 16.1 Å². The standard InChI is InChI=1S/C16H21FN2O2/c1-10-5-6-12(17)7-11(10)8-19-9-13(20)18-14(15(19)21)16(2,3)4/h5-7,14H,8-9H2,1-4H3,(H,18,20). The smallest absolute Gasteiger partial charge is 0.246 e. The fourth-order valence-corrected chi connectivity index (χ4v) is 2.44. The molecule has 1 aliphatic heterocycles. The van der Waals surface area contributed by atoms with Gasteiger partial charge in [-0.25, -0.2) is 4.39 Å². The third kappa shape index (κ3) is 3.40. The van der Waals surface area contributed by atoms with Crippen molar-refractivity contribution in [2.45, 2.75) is 40.3 Å². The lowest BCUT2D eigenvalue weighted by Gasteiger charge is -2.39. The minimum Gasteiger partial charge on any atom is -0.342 e. The Hall–Kier alpha value is -1.91. The fourth-order valence-electron chi connectivity index (χ4n) is 2.44. The molecule has 0 saturated carbocycles. The largest absolute Gasteiger partial charge is 0.342 e. The van der Waals surface area contributed by atoms with Crippen LogP contribution in [0.1, 0.15) is 31.9 Å². The Morgan fingerprint density at radius 2 is 2.00 bits per heavy atom. The maximum absolute atomic E-state index is 13.4. The first-order chi connectivity index (χ1) is 9.68. The second-order valence-electron chi connectivity index (χ2n) is 6.63. The number of carbonyl (C=O) groups is 2. The van der Waals surface area contributed by atoms with Crippen LogP contribution in [0.15, 0.2) is 18.2 Å². The normalized spacial score (nSPS) is 19.7. The molecule has 4 nitrogen and oxygen atoms in total. The summed E-state index contributed by atoms with van der Waals surface area (Å²) in [6.07, 6.45) is 0. The lowest BCUT2D eigenvalue weighted by Crippen LogP contribution is -2.61. The highest BCUT2D eigenvalue weighted by Crippen LogP contribution is 2.24. The number of piperazine rings is 1. The Labute approximate surface area is 124 Å². The van der Waals surface area contributed by atoms with Gasteiger partial charge in [0.05, 0.1) is 6.54 Å². The molecule has 1 aromatic carbocycles. The van der Waals surface area contributed by atoms with Crippen LogP contribution in [0.2, 0.25) is 0 Å². The van der Waals surface area contributed by atoms with Crippen molar-refractivity contribution in [3.8, 4) is 0 Å². The summed E-state index contributed by atoms with van der Waals surface area (Å²) < 4.78 is 13.4. The zero-order chi connectivity index (χ0) is 15.8. The van der Waals surface area contributed by atoms with Gasteiger partial charge >= 0.3 is 0 Å². The summed E-state index contributed by atoms with van der Waals surface area (Å²) in [5.41, 5.74) is 1.27. The van der Waals surface area contributed by atoms with E-state index in [-0.39, 0.29) is 36.1 Å². The van der Waals surface area contributed by atoms with Crippen LogP contribution in [0, 0.1) is 18.2 Å². The zero-order valence-corrected chi connectivity index (χ0v) is 12.9. The Kier molecular flexibility index (Phi) is 4.03. The van der Waals surface area contributed by atoms with E-state index in [1.807, 2.05) is 27.7 Å². The molecular weight excluding hydrogens is 271 g/mol. The molecule has 1 aliphatic rings. The number of benzene rings is 1. The van der Waals surface area contributed by atoms with E-state index in [9.17, 15) is 14.0 Å². The molecule has 0 aromatic heterocycles. The molecule has 1 unspecified atom stereocenters. The molecule has 2 amide bonds. The molecule has 1 atom stereocenters. The van der Waals surface area contributed by atoms with Gasteiger partial charge in [0.15, 0.2) is 0 Å². The van der Waals surface area contributed by atoms with Gasteiger partial charge in [-0.15, -0.1) is 0 Å². The van der Waals surface area contributed by atoms with Gasteiger partial charge in [0.1, 0.15) is 11.9 Å². The average molecular weight is 292 g/mol. The first-order valence-corrected chi connectivity index (χ1v) is 7.01. The van der Waals surface area contributed by atoms with Crippen LogP contribution in [-0.4, -0.2) is 29.3 Å². The Morgan fingerprint density at radius 3 is 2.62 bits per heavy atom. The second-order valence-corrected chi connectivity index (χ2v) is 6.63.